The minimum Gasteiger partial charge on any atom is -0.395 e. The number of hydrogen-bond donors (Lipinski definition) is 5. The number of nitrogens with zero attached hydrogens (tertiary/aromatic N) is 2. The zero-order chi connectivity index (χ0) is 22.2. The lowest BCUT2D eigenvalue weighted by molar-refractivity contribution is -0.145. The molecule has 0 radical (unpaired) electrons. The highest BCUT2D eigenvalue weighted by Gasteiger charge is 2.40. The Morgan fingerprint density at radius 2 is 1.77 bits per heavy atom. The summed E-state index contributed by atoms with van der Waals surface area (Å²) in [5, 5.41) is 42.8. The van der Waals surface area contributed by atoms with E-state index in [1.807, 2.05) is 4.90 Å². The second-order valence-electron chi connectivity index (χ2n) is 8.73. The Bertz CT molecular complexity index is 671. The predicted molar refractivity (Wildman–Crippen MR) is 122 cm³/mol. The zero-order valence-electron chi connectivity index (χ0n) is 18.6. The summed E-state index contributed by atoms with van der Waals surface area (Å²) in [6, 6.07) is 6.07. The molecule has 2 heterocycles. The van der Waals surface area contributed by atoms with Gasteiger partial charge in [0.05, 0.1) is 32.0 Å². The maximum atomic E-state index is 10.0. The number of anilines is 2. The molecule has 8 heteroatoms. The Morgan fingerprint density at radius 3 is 2.48 bits per heavy atom. The molecule has 2 saturated heterocycles. The highest BCUT2D eigenvalue weighted by atomic mass is 16.5. The van der Waals surface area contributed by atoms with Crippen LogP contribution in [0.4, 0.5) is 11.4 Å². The molecule has 8 nitrogen and oxygen atoms in total. The van der Waals surface area contributed by atoms with Crippen molar-refractivity contribution in [2.45, 2.75) is 57.0 Å². The number of ether oxygens (including phenoxy) is 1. The molecule has 0 amide bonds. The number of β-amino-alcohol motifs (C(OH)–C–C–N with tert-alkyl or cyclic N) is 1. The minimum atomic E-state index is -1.19. The van der Waals surface area contributed by atoms with Crippen LogP contribution in [0, 0.1) is 6.92 Å². The van der Waals surface area contributed by atoms with E-state index in [1.54, 1.807) is 0 Å². The normalized spacial score (nSPS) is 27.5. The number of nitrogens with one attached hydrogen (secondary N) is 1. The number of rotatable bonds is 10. The number of piperidine rings is 1. The monoisotopic (exact) mass is 437 g/mol. The molecule has 0 spiro atoms. The number of aryl methyl sites for hydroxylation is 1. The molecule has 0 aromatic heterocycles. The number of hydrogen-bond acceptors (Lipinski definition) is 8. The Labute approximate surface area is 185 Å². The number of benzene rings is 1. The maximum absolute atomic E-state index is 10.0. The van der Waals surface area contributed by atoms with Crippen molar-refractivity contribution in [3.8, 4) is 0 Å². The molecule has 0 aliphatic carbocycles. The van der Waals surface area contributed by atoms with Crippen LogP contribution in [0.15, 0.2) is 18.2 Å². The van der Waals surface area contributed by atoms with Crippen molar-refractivity contribution in [2.24, 2.45) is 0 Å². The first-order chi connectivity index (χ1) is 15.0. The molecule has 176 valence electrons. The van der Waals surface area contributed by atoms with Crippen LogP contribution in [-0.4, -0.2) is 102 Å². The fourth-order valence-corrected chi connectivity index (χ4v) is 4.52. The second kappa shape index (κ2) is 12.0. The van der Waals surface area contributed by atoms with E-state index >= 15 is 0 Å². The third-order valence-corrected chi connectivity index (χ3v) is 6.49. The van der Waals surface area contributed by atoms with E-state index in [9.17, 15) is 20.4 Å². The van der Waals surface area contributed by atoms with Gasteiger partial charge in [-0.15, -0.1) is 0 Å². The Kier molecular flexibility index (Phi) is 9.37. The summed E-state index contributed by atoms with van der Waals surface area (Å²) in [5.74, 6) is 0. The topological polar surface area (TPSA) is 109 Å². The van der Waals surface area contributed by atoms with Gasteiger partial charge in [0.1, 0.15) is 12.2 Å². The smallest absolute Gasteiger partial charge is 0.109 e. The van der Waals surface area contributed by atoms with Gasteiger partial charge in [0, 0.05) is 37.6 Å². The van der Waals surface area contributed by atoms with Crippen molar-refractivity contribution < 1.29 is 25.2 Å². The minimum absolute atomic E-state index is 0.224. The van der Waals surface area contributed by atoms with Crippen molar-refractivity contribution in [3.05, 3.63) is 23.8 Å². The van der Waals surface area contributed by atoms with Gasteiger partial charge in [-0.05, 0) is 50.1 Å². The standard InChI is InChI=1S/C23H39N3O5/c1-17-14-18(25-10-12-31-13-11-25)6-7-19(17)24-8-4-2-3-5-9-26-15-21(28)23(30)22(29)20(26)16-27/h6-7,14,20-24,27-30H,2-5,8-13,15-16H2,1H3/t20-,21+,22-,23-/m1/s1. The third kappa shape index (κ3) is 6.54. The van der Waals surface area contributed by atoms with Gasteiger partial charge in [-0.3, -0.25) is 4.90 Å². The largest absolute Gasteiger partial charge is 0.395 e. The van der Waals surface area contributed by atoms with E-state index in [2.05, 4.69) is 35.3 Å². The fourth-order valence-electron chi connectivity index (χ4n) is 4.52. The van der Waals surface area contributed by atoms with Gasteiger partial charge in [0.2, 0.25) is 0 Å². The van der Waals surface area contributed by atoms with Crippen LogP contribution in [0.5, 0.6) is 0 Å². The van der Waals surface area contributed by atoms with Crippen molar-refractivity contribution in [3.63, 3.8) is 0 Å². The average molecular weight is 438 g/mol. The average Bonchev–Trinajstić information content (AvgIpc) is 2.78. The lowest BCUT2D eigenvalue weighted by Gasteiger charge is -2.43. The van der Waals surface area contributed by atoms with E-state index in [0.29, 0.717) is 6.54 Å². The van der Waals surface area contributed by atoms with Gasteiger partial charge < -0.3 is 35.4 Å². The molecule has 31 heavy (non-hydrogen) atoms. The van der Waals surface area contributed by atoms with Crippen LogP contribution in [0.25, 0.3) is 0 Å². The van der Waals surface area contributed by atoms with E-state index in [4.69, 9.17) is 4.74 Å². The van der Waals surface area contributed by atoms with Crippen molar-refractivity contribution in [1.29, 1.82) is 0 Å². The number of aliphatic hydroxyl groups is 4. The predicted octanol–water partition coefficient (Wildman–Crippen LogP) is 0.563. The molecule has 0 saturated carbocycles. The molecular formula is C23H39N3O5. The van der Waals surface area contributed by atoms with Gasteiger partial charge in [0.25, 0.3) is 0 Å². The highest BCUT2D eigenvalue weighted by Crippen LogP contribution is 2.24. The summed E-state index contributed by atoms with van der Waals surface area (Å²) in [5.41, 5.74) is 3.69. The van der Waals surface area contributed by atoms with Crippen molar-refractivity contribution in [2.75, 3.05) is 62.8 Å². The van der Waals surface area contributed by atoms with Gasteiger partial charge >= 0.3 is 0 Å². The van der Waals surface area contributed by atoms with Crippen LogP contribution in [0.1, 0.15) is 31.2 Å². The number of aliphatic hydroxyl groups excluding tert-OH is 4. The third-order valence-electron chi connectivity index (χ3n) is 6.49. The lowest BCUT2D eigenvalue weighted by atomic mass is 9.94. The first-order valence-electron chi connectivity index (χ1n) is 11.6. The SMILES string of the molecule is Cc1cc(N2CCOCC2)ccc1NCCCCCCN1C[C@H](O)[C@@H](O)[C@H](O)[C@H]1CO. The quantitative estimate of drug-likeness (QED) is 0.338. The zero-order valence-corrected chi connectivity index (χ0v) is 18.6. The van der Waals surface area contributed by atoms with Gasteiger partial charge in [-0.25, -0.2) is 0 Å². The molecule has 2 fully saturated rings. The fraction of sp³-hybridized carbons (Fsp3) is 0.739. The van der Waals surface area contributed by atoms with Gasteiger partial charge in [-0.2, -0.15) is 0 Å². The molecular weight excluding hydrogens is 398 g/mol. The summed E-state index contributed by atoms with van der Waals surface area (Å²) in [7, 11) is 0. The van der Waals surface area contributed by atoms with Crippen molar-refractivity contribution >= 4 is 11.4 Å². The Hall–Kier alpha value is -1.42. The summed E-state index contributed by atoms with van der Waals surface area (Å²) < 4.78 is 5.43. The van der Waals surface area contributed by atoms with Crippen LogP contribution in [0.2, 0.25) is 0 Å². The van der Waals surface area contributed by atoms with Crippen LogP contribution < -0.4 is 10.2 Å². The molecule has 2 aliphatic heterocycles. The maximum Gasteiger partial charge on any atom is 0.109 e. The summed E-state index contributed by atoms with van der Waals surface area (Å²) in [6.45, 7) is 7.29. The molecule has 4 atom stereocenters. The molecule has 1 aromatic rings. The molecule has 0 unspecified atom stereocenters. The first kappa shape index (κ1) is 24.2. The molecule has 3 rings (SSSR count). The molecule has 1 aromatic carbocycles. The first-order valence-corrected chi connectivity index (χ1v) is 11.6. The summed E-state index contributed by atoms with van der Waals surface area (Å²) in [4.78, 5) is 4.25. The van der Waals surface area contributed by atoms with Crippen LogP contribution in [0.3, 0.4) is 0 Å². The molecule has 0 bridgehead atoms. The number of morpholine rings is 1. The highest BCUT2D eigenvalue weighted by molar-refractivity contribution is 5.60. The summed E-state index contributed by atoms with van der Waals surface area (Å²) in [6.07, 6.45) is 0.849. The van der Waals surface area contributed by atoms with Crippen molar-refractivity contribution in [1.82, 2.24) is 4.90 Å². The Balaban J connectivity index is 1.32. The Morgan fingerprint density at radius 1 is 1.03 bits per heavy atom. The number of unbranched alkanes of at least 4 members (excludes halogenated alkanes) is 3. The molecule has 2 aliphatic rings. The van der Waals surface area contributed by atoms with Gasteiger partial charge in [0.15, 0.2) is 0 Å². The van der Waals surface area contributed by atoms with E-state index in [1.165, 1.54) is 16.9 Å². The summed E-state index contributed by atoms with van der Waals surface area (Å²) >= 11 is 0. The van der Waals surface area contributed by atoms with Gasteiger partial charge in [-0.1, -0.05) is 12.8 Å². The molecule has 5 N–H and O–H groups in total. The second-order valence-corrected chi connectivity index (χ2v) is 8.73. The van der Waals surface area contributed by atoms with E-state index < -0.39 is 24.4 Å². The van der Waals surface area contributed by atoms with E-state index in [-0.39, 0.29) is 13.2 Å². The number of likely N-dealkylation sites (tertiary alicyclic amines) is 1. The van der Waals surface area contributed by atoms with Crippen LogP contribution in [-0.2, 0) is 4.74 Å². The van der Waals surface area contributed by atoms with E-state index in [0.717, 1.165) is 58.5 Å². The lowest BCUT2D eigenvalue weighted by Crippen LogP contribution is -2.62. The van der Waals surface area contributed by atoms with Crippen LogP contribution >= 0.6 is 0 Å².